The van der Waals surface area contributed by atoms with E-state index in [-0.39, 0.29) is 11.6 Å². The number of hydrazone groups is 1. The number of carbonyl (C=O) groups is 1. The first kappa shape index (κ1) is 12.1. The van der Waals surface area contributed by atoms with Crippen molar-refractivity contribution in [2.75, 3.05) is 18.5 Å². The van der Waals surface area contributed by atoms with Crippen LogP contribution in [-0.4, -0.2) is 29.6 Å². The third-order valence-electron chi connectivity index (χ3n) is 2.77. The van der Waals surface area contributed by atoms with Crippen LogP contribution >= 0.6 is 0 Å². The largest absolute Gasteiger partial charge is 0.337 e. The van der Waals surface area contributed by atoms with E-state index in [9.17, 15) is 4.79 Å². The second-order valence-electron chi connectivity index (χ2n) is 4.05. The van der Waals surface area contributed by atoms with E-state index < -0.39 is 0 Å². The number of anilines is 1. The van der Waals surface area contributed by atoms with Crippen LogP contribution in [0.15, 0.2) is 35.4 Å². The normalized spacial score (nSPS) is 15.3. The summed E-state index contributed by atoms with van der Waals surface area (Å²) in [6.07, 6.45) is 1.99. The minimum absolute atomic E-state index is 0.0965. The van der Waals surface area contributed by atoms with Gasteiger partial charge in [0.15, 0.2) is 0 Å². The quantitative estimate of drug-likeness (QED) is 0.646. The SMILES string of the molecule is N#C/C(=N\Nc1ccccc1)C(=O)N1CCCC1. The number of carbonyl (C=O) groups excluding carboxylic acids is 1. The van der Waals surface area contributed by atoms with Gasteiger partial charge < -0.3 is 4.90 Å². The monoisotopic (exact) mass is 242 g/mol. The number of hydrogen-bond donors (Lipinski definition) is 1. The molecular weight excluding hydrogens is 228 g/mol. The predicted octanol–water partition coefficient (Wildman–Crippen LogP) is 1.60. The third-order valence-corrected chi connectivity index (χ3v) is 2.77. The Bertz CT molecular complexity index is 483. The summed E-state index contributed by atoms with van der Waals surface area (Å²) in [5.41, 5.74) is 3.37. The van der Waals surface area contributed by atoms with Gasteiger partial charge in [-0.25, -0.2) is 0 Å². The Morgan fingerprint density at radius 1 is 1.28 bits per heavy atom. The zero-order valence-corrected chi connectivity index (χ0v) is 9.97. The molecule has 0 unspecified atom stereocenters. The highest BCUT2D eigenvalue weighted by atomic mass is 16.2. The van der Waals surface area contributed by atoms with Crippen molar-refractivity contribution in [3.63, 3.8) is 0 Å². The van der Waals surface area contributed by atoms with Gasteiger partial charge in [-0.1, -0.05) is 18.2 Å². The summed E-state index contributed by atoms with van der Waals surface area (Å²) in [6.45, 7) is 1.43. The number of nitriles is 1. The van der Waals surface area contributed by atoms with Crippen LogP contribution in [0.1, 0.15) is 12.8 Å². The highest BCUT2D eigenvalue weighted by Gasteiger charge is 2.22. The number of hydrogen-bond acceptors (Lipinski definition) is 4. The molecular formula is C13H14N4O. The molecule has 0 aromatic heterocycles. The molecule has 1 aliphatic rings. The summed E-state index contributed by atoms with van der Waals surface area (Å²) in [6, 6.07) is 11.1. The minimum Gasteiger partial charge on any atom is -0.337 e. The second-order valence-corrected chi connectivity index (χ2v) is 4.05. The molecule has 92 valence electrons. The van der Waals surface area contributed by atoms with Crippen LogP contribution in [0.25, 0.3) is 0 Å². The van der Waals surface area contributed by atoms with Gasteiger partial charge in [0.05, 0.1) is 5.69 Å². The highest BCUT2D eigenvalue weighted by molar-refractivity contribution is 6.45. The lowest BCUT2D eigenvalue weighted by Crippen LogP contribution is -2.33. The molecule has 0 radical (unpaired) electrons. The van der Waals surface area contributed by atoms with Crippen LogP contribution in [0, 0.1) is 11.3 Å². The molecule has 2 rings (SSSR count). The summed E-state index contributed by atoms with van der Waals surface area (Å²) in [5.74, 6) is -0.293. The van der Waals surface area contributed by atoms with Crippen LogP contribution < -0.4 is 5.43 Å². The van der Waals surface area contributed by atoms with Crippen molar-refractivity contribution < 1.29 is 4.79 Å². The Balaban J connectivity index is 2.04. The fraction of sp³-hybridized carbons (Fsp3) is 0.308. The maximum atomic E-state index is 11.9. The molecule has 1 aliphatic heterocycles. The molecule has 1 fully saturated rings. The molecule has 0 saturated carbocycles. The van der Waals surface area contributed by atoms with Crippen molar-refractivity contribution in [3.8, 4) is 6.07 Å². The van der Waals surface area contributed by atoms with E-state index in [0.29, 0.717) is 13.1 Å². The maximum Gasteiger partial charge on any atom is 0.285 e. The van der Waals surface area contributed by atoms with Crippen LogP contribution in [0.4, 0.5) is 5.69 Å². The summed E-state index contributed by atoms with van der Waals surface area (Å²) in [7, 11) is 0. The van der Waals surface area contributed by atoms with Crippen molar-refractivity contribution in [1.82, 2.24) is 4.90 Å². The summed E-state index contributed by atoms with van der Waals surface area (Å²) < 4.78 is 0. The van der Waals surface area contributed by atoms with E-state index in [0.717, 1.165) is 18.5 Å². The summed E-state index contributed by atoms with van der Waals surface area (Å²) in [5, 5.41) is 12.8. The van der Waals surface area contributed by atoms with Gasteiger partial charge in [-0.05, 0) is 25.0 Å². The number of amides is 1. The lowest BCUT2D eigenvalue weighted by Gasteiger charge is -2.13. The van der Waals surface area contributed by atoms with Gasteiger partial charge in [0, 0.05) is 13.1 Å². The topological polar surface area (TPSA) is 68.5 Å². The molecule has 1 heterocycles. The van der Waals surface area contributed by atoms with E-state index >= 15 is 0 Å². The molecule has 18 heavy (non-hydrogen) atoms. The molecule has 1 amide bonds. The van der Waals surface area contributed by atoms with E-state index in [1.165, 1.54) is 0 Å². The van der Waals surface area contributed by atoms with E-state index in [1.54, 1.807) is 4.90 Å². The average Bonchev–Trinajstić information content (AvgIpc) is 2.94. The first-order chi connectivity index (χ1) is 8.81. The van der Waals surface area contributed by atoms with Crippen LogP contribution in [0.2, 0.25) is 0 Å². The molecule has 0 bridgehead atoms. The van der Waals surface area contributed by atoms with E-state index in [4.69, 9.17) is 5.26 Å². The molecule has 1 saturated heterocycles. The maximum absolute atomic E-state index is 11.9. The molecule has 5 nitrogen and oxygen atoms in total. The van der Waals surface area contributed by atoms with Crippen molar-refractivity contribution in [2.45, 2.75) is 12.8 Å². The number of para-hydroxylation sites is 1. The van der Waals surface area contributed by atoms with Gasteiger partial charge in [0.1, 0.15) is 6.07 Å². The smallest absolute Gasteiger partial charge is 0.285 e. The zero-order valence-electron chi connectivity index (χ0n) is 9.97. The second kappa shape index (κ2) is 5.82. The number of rotatable bonds is 3. The fourth-order valence-electron chi connectivity index (χ4n) is 1.82. The Morgan fingerprint density at radius 3 is 2.56 bits per heavy atom. The summed E-state index contributed by atoms with van der Waals surface area (Å²) in [4.78, 5) is 13.6. The van der Waals surface area contributed by atoms with Crippen molar-refractivity contribution in [1.29, 1.82) is 5.26 Å². The Labute approximate surface area is 106 Å². The molecule has 5 heteroatoms. The molecule has 1 N–H and O–H groups in total. The van der Waals surface area contributed by atoms with Gasteiger partial charge in [0.2, 0.25) is 5.71 Å². The molecule has 0 aliphatic carbocycles. The molecule has 0 spiro atoms. The fourth-order valence-corrected chi connectivity index (χ4v) is 1.82. The van der Waals surface area contributed by atoms with Crippen LogP contribution in [0.3, 0.4) is 0 Å². The lowest BCUT2D eigenvalue weighted by molar-refractivity contribution is -0.122. The molecule has 0 atom stereocenters. The number of nitrogens with one attached hydrogen (secondary N) is 1. The lowest BCUT2D eigenvalue weighted by atomic mass is 10.3. The predicted molar refractivity (Wildman–Crippen MR) is 68.9 cm³/mol. The van der Waals surface area contributed by atoms with Crippen LogP contribution in [0.5, 0.6) is 0 Å². The Hall–Kier alpha value is -2.35. The van der Waals surface area contributed by atoms with Crippen molar-refractivity contribution in [3.05, 3.63) is 30.3 Å². The number of likely N-dealkylation sites (tertiary alicyclic amines) is 1. The molecule has 1 aromatic carbocycles. The van der Waals surface area contributed by atoms with Crippen molar-refractivity contribution in [2.24, 2.45) is 5.10 Å². The number of benzene rings is 1. The van der Waals surface area contributed by atoms with Crippen LogP contribution in [-0.2, 0) is 4.79 Å². The third kappa shape index (κ3) is 2.86. The first-order valence-corrected chi connectivity index (χ1v) is 5.89. The van der Waals surface area contributed by atoms with Gasteiger partial charge in [-0.2, -0.15) is 10.4 Å². The van der Waals surface area contributed by atoms with E-state index in [2.05, 4.69) is 10.5 Å². The van der Waals surface area contributed by atoms with Gasteiger partial charge >= 0.3 is 0 Å². The van der Waals surface area contributed by atoms with Gasteiger partial charge in [-0.15, -0.1) is 0 Å². The van der Waals surface area contributed by atoms with E-state index in [1.807, 2.05) is 36.4 Å². The Morgan fingerprint density at radius 2 is 1.94 bits per heavy atom. The van der Waals surface area contributed by atoms with Gasteiger partial charge in [-0.3, -0.25) is 10.2 Å². The highest BCUT2D eigenvalue weighted by Crippen LogP contribution is 2.09. The zero-order chi connectivity index (χ0) is 12.8. The minimum atomic E-state index is -0.293. The average molecular weight is 242 g/mol. The number of nitrogens with zero attached hydrogens (tertiary/aromatic N) is 3. The molecule has 1 aromatic rings. The van der Waals surface area contributed by atoms with Gasteiger partial charge in [0.25, 0.3) is 5.91 Å². The Kier molecular flexibility index (Phi) is 3.92. The summed E-state index contributed by atoms with van der Waals surface area (Å²) >= 11 is 0. The van der Waals surface area contributed by atoms with Crippen molar-refractivity contribution >= 4 is 17.3 Å². The standard InChI is InChI=1S/C13H14N4O/c14-10-12(13(18)17-8-4-5-9-17)16-15-11-6-2-1-3-7-11/h1-3,6-7,15H,4-5,8-9H2/b16-12+. The first-order valence-electron chi connectivity index (χ1n) is 5.89.